The molecule has 0 radical (unpaired) electrons. The number of aryl methyl sites for hydroxylation is 1. The first-order chi connectivity index (χ1) is 30.1. The fraction of sp³-hybridized carbons (Fsp3) is 0.293. The number of alkyl halides is 4. The van der Waals surface area contributed by atoms with Gasteiger partial charge in [-0.3, -0.25) is 23.9 Å². The van der Waals surface area contributed by atoms with Crippen LogP contribution in [0.5, 0.6) is 0 Å². The second kappa shape index (κ2) is 15.3. The Bertz CT molecular complexity index is 3200. The molecule has 64 heavy (non-hydrogen) atoms. The quantitative estimate of drug-likeness (QED) is 0.121. The number of fused-ring (bicyclic) bond motifs is 5. The maximum Gasteiger partial charge on any atom is 0.293 e. The molecule has 1 aliphatic heterocycles. The zero-order valence-electron chi connectivity index (χ0n) is 33.6. The van der Waals surface area contributed by atoms with Gasteiger partial charge in [-0.2, -0.15) is 19.0 Å². The Kier molecular flexibility index (Phi) is 10.4. The van der Waals surface area contributed by atoms with E-state index < -0.39 is 85.6 Å². The van der Waals surface area contributed by atoms with Crippen LogP contribution in [0.25, 0.3) is 22.2 Å². The van der Waals surface area contributed by atoms with Gasteiger partial charge in [0, 0.05) is 49.0 Å². The number of carbonyl (C=O) groups excluding carboxylic acids is 1. The molecule has 1 fully saturated rings. The van der Waals surface area contributed by atoms with E-state index in [0.29, 0.717) is 33.2 Å². The second-order valence-corrected chi connectivity index (χ2v) is 20.1. The fourth-order valence-corrected chi connectivity index (χ4v) is 9.99. The standard InChI is InChI=1S/C41H34ClF6N9O5S2/c1-55-36-31(7-6-27(42)34(36)39(53-55)54-64(3,61)62)56-17-21-5-4-20(28-15-24(8-9-49-28)63(2,59)60)13-29(21)51-40(56)30(12-19-10-22(43)14-23(44)11-19)50-32(58)18-57-37-33(35(52-57)38(45)46)25-16-26(25)41(37,47)48/h4-11,13-15,25-26,30,38H,12,16-18H2,1-3H3,(H,50,58)(H,53,54)/t25-,26+,30-/m0/s1. The number of pyridine rings is 1. The zero-order valence-corrected chi connectivity index (χ0v) is 36.0. The summed E-state index contributed by atoms with van der Waals surface area (Å²) in [4.78, 5) is 25.1. The van der Waals surface area contributed by atoms with E-state index in [1.165, 1.54) is 36.1 Å². The lowest BCUT2D eigenvalue weighted by Crippen LogP contribution is -2.51. The van der Waals surface area contributed by atoms with E-state index in [-0.39, 0.29) is 68.7 Å². The normalized spacial score (nSPS) is 18.1. The van der Waals surface area contributed by atoms with Crippen LogP contribution in [-0.2, 0) is 57.1 Å². The van der Waals surface area contributed by atoms with Gasteiger partial charge in [-0.05, 0) is 65.9 Å². The molecule has 1 amide bonds. The lowest BCUT2D eigenvalue weighted by Gasteiger charge is -2.36. The molecule has 1 saturated carbocycles. The van der Waals surface area contributed by atoms with Crippen LogP contribution in [-0.4, -0.2) is 71.7 Å². The van der Waals surface area contributed by atoms with Crippen molar-refractivity contribution in [2.24, 2.45) is 18.0 Å². The second-order valence-electron chi connectivity index (χ2n) is 16.0. The molecule has 334 valence electrons. The number of benzene rings is 3. The summed E-state index contributed by atoms with van der Waals surface area (Å²) in [5.74, 6) is -8.55. The number of amides is 1. The van der Waals surface area contributed by atoms with Gasteiger partial charge >= 0.3 is 0 Å². The van der Waals surface area contributed by atoms with Gasteiger partial charge in [-0.25, -0.2) is 39.4 Å². The number of nitrogens with zero attached hydrogens (tertiary/aromatic N) is 7. The molecule has 0 unspecified atom stereocenters. The number of carbonyl (C=O) groups is 1. The van der Waals surface area contributed by atoms with Crippen molar-refractivity contribution in [1.82, 2.24) is 29.9 Å². The number of hydrogen-bond donors (Lipinski definition) is 2. The first-order valence-corrected chi connectivity index (χ1v) is 23.5. The third kappa shape index (κ3) is 7.84. The Balaban J connectivity index is 1.20. The van der Waals surface area contributed by atoms with Crippen molar-refractivity contribution < 1.29 is 48.0 Å². The van der Waals surface area contributed by atoms with E-state index >= 15 is 8.78 Å². The molecule has 23 heteroatoms. The van der Waals surface area contributed by atoms with Gasteiger partial charge in [0.2, 0.25) is 15.9 Å². The summed E-state index contributed by atoms with van der Waals surface area (Å²) in [5.41, 5.74) is 0.308. The predicted octanol–water partition coefficient (Wildman–Crippen LogP) is 7.16. The maximum absolute atomic E-state index is 15.6. The smallest absolute Gasteiger partial charge is 0.293 e. The Morgan fingerprint density at radius 3 is 2.41 bits per heavy atom. The minimum atomic E-state index is -3.87. The average molecular weight is 946 g/mol. The van der Waals surface area contributed by atoms with E-state index in [2.05, 4.69) is 25.2 Å². The molecule has 0 saturated heterocycles. The molecule has 0 bridgehead atoms. The van der Waals surface area contributed by atoms with Crippen molar-refractivity contribution in [2.75, 3.05) is 22.1 Å². The predicted molar refractivity (Wildman–Crippen MR) is 224 cm³/mol. The molecule has 0 spiro atoms. The number of nitrogens with one attached hydrogen (secondary N) is 2. The van der Waals surface area contributed by atoms with Crippen LogP contribution < -0.4 is 14.9 Å². The third-order valence-electron chi connectivity index (χ3n) is 11.3. The summed E-state index contributed by atoms with van der Waals surface area (Å²) in [6, 6.07) is 12.1. The first-order valence-electron chi connectivity index (χ1n) is 19.4. The number of halogens is 7. The van der Waals surface area contributed by atoms with Crippen molar-refractivity contribution in [3.8, 4) is 11.3 Å². The van der Waals surface area contributed by atoms with Crippen LogP contribution in [0.2, 0.25) is 5.02 Å². The number of amidine groups is 1. The number of anilines is 2. The highest BCUT2D eigenvalue weighted by atomic mass is 35.5. The van der Waals surface area contributed by atoms with E-state index in [9.17, 15) is 39.2 Å². The summed E-state index contributed by atoms with van der Waals surface area (Å²) < 4.78 is 143. The monoisotopic (exact) mass is 945 g/mol. The molecule has 9 rings (SSSR count). The van der Waals surface area contributed by atoms with Crippen molar-refractivity contribution in [2.45, 2.75) is 55.1 Å². The van der Waals surface area contributed by atoms with E-state index in [0.717, 1.165) is 24.6 Å². The largest absolute Gasteiger partial charge is 0.344 e. The number of sulfone groups is 1. The van der Waals surface area contributed by atoms with Crippen molar-refractivity contribution in [3.63, 3.8) is 0 Å². The summed E-state index contributed by atoms with van der Waals surface area (Å²) >= 11 is 6.67. The molecular formula is C41H34ClF6N9O5S2. The highest BCUT2D eigenvalue weighted by Crippen LogP contribution is 2.68. The number of rotatable bonds is 12. The number of hydrogen-bond acceptors (Lipinski definition) is 10. The van der Waals surface area contributed by atoms with Crippen LogP contribution >= 0.6 is 11.6 Å². The highest BCUT2D eigenvalue weighted by Gasteiger charge is 2.67. The SMILES string of the molecule is Cn1nc(NS(C)(=O)=O)c2c(Cl)ccc(N3Cc4ccc(-c5cc(S(C)(=O)=O)ccn5)cc4N=C3[C@H](Cc3cc(F)cc(F)c3)NC(=O)Cn3nc(C(F)F)c4c3C(F)(F)[C@@H]3C[C@H]43)c21. The zero-order chi connectivity index (χ0) is 45.8. The van der Waals surface area contributed by atoms with Crippen LogP contribution in [0, 0.1) is 17.6 Å². The summed E-state index contributed by atoms with van der Waals surface area (Å²) in [6.45, 7) is -0.979. The van der Waals surface area contributed by atoms with Crippen molar-refractivity contribution >= 4 is 71.3 Å². The molecule has 2 N–H and O–H groups in total. The van der Waals surface area contributed by atoms with Gasteiger partial charge in [0.15, 0.2) is 15.7 Å². The first kappa shape index (κ1) is 43.3. The van der Waals surface area contributed by atoms with Crippen molar-refractivity contribution in [3.05, 3.63) is 112 Å². The van der Waals surface area contributed by atoms with Gasteiger partial charge in [0.25, 0.3) is 12.3 Å². The Hall–Kier alpha value is -6.00. The molecule has 2 aliphatic carbocycles. The Morgan fingerprint density at radius 2 is 1.72 bits per heavy atom. The van der Waals surface area contributed by atoms with Gasteiger partial charge in [0.05, 0.1) is 56.7 Å². The topological polar surface area (TPSA) is 174 Å². The molecule has 3 aromatic heterocycles. The summed E-state index contributed by atoms with van der Waals surface area (Å²) in [6.07, 6.45) is -0.259. The Morgan fingerprint density at radius 1 is 0.984 bits per heavy atom. The minimum absolute atomic E-state index is 0.00152. The van der Waals surface area contributed by atoms with Crippen molar-refractivity contribution in [1.29, 1.82) is 0 Å². The van der Waals surface area contributed by atoms with Gasteiger partial charge in [-0.15, -0.1) is 0 Å². The lowest BCUT2D eigenvalue weighted by atomic mass is 9.99. The molecule has 6 aromatic rings. The highest BCUT2D eigenvalue weighted by molar-refractivity contribution is 7.92. The maximum atomic E-state index is 15.6. The fourth-order valence-electron chi connectivity index (χ4n) is 8.62. The van der Waals surface area contributed by atoms with Crippen LogP contribution in [0.4, 0.5) is 43.5 Å². The van der Waals surface area contributed by atoms with Crippen LogP contribution in [0.15, 0.2) is 76.7 Å². The molecular weight excluding hydrogens is 912 g/mol. The third-order valence-corrected chi connectivity index (χ3v) is 13.3. The molecule has 3 aromatic carbocycles. The van der Waals surface area contributed by atoms with E-state index in [1.807, 2.05) is 0 Å². The van der Waals surface area contributed by atoms with Crippen LogP contribution in [0.3, 0.4) is 0 Å². The Labute approximate surface area is 365 Å². The molecule has 3 atom stereocenters. The van der Waals surface area contributed by atoms with E-state index in [4.69, 9.17) is 16.6 Å². The average Bonchev–Trinajstić information content (AvgIpc) is 3.75. The van der Waals surface area contributed by atoms with Gasteiger partial charge in [-0.1, -0.05) is 23.7 Å². The lowest BCUT2D eigenvalue weighted by molar-refractivity contribution is -0.122. The van der Waals surface area contributed by atoms with Gasteiger partial charge in [0.1, 0.15) is 35.4 Å². The minimum Gasteiger partial charge on any atom is -0.344 e. The number of sulfonamides is 1. The molecule has 14 nitrogen and oxygen atoms in total. The van der Waals surface area contributed by atoms with E-state index in [1.54, 1.807) is 29.2 Å². The van der Waals surface area contributed by atoms with Gasteiger partial charge < -0.3 is 10.2 Å². The molecule has 3 aliphatic rings. The summed E-state index contributed by atoms with van der Waals surface area (Å²) in [7, 11) is -5.98. The summed E-state index contributed by atoms with van der Waals surface area (Å²) in [5, 5.41) is 11.2. The number of aromatic nitrogens is 5. The van der Waals surface area contributed by atoms with Crippen LogP contribution in [0.1, 0.15) is 46.8 Å². The molecule has 4 heterocycles. The number of aliphatic imine (C=N–C) groups is 1.